The molecule has 2 atom stereocenters. The quantitative estimate of drug-likeness (QED) is 0.482. The van der Waals surface area contributed by atoms with E-state index >= 15 is 0 Å². The van der Waals surface area contributed by atoms with E-state index in [0.717, 1.165) is 16.7 Å². The number of halogens is 3. The molecule has 0 fully saturated rings. The Bertz CT molecular complexity index is 1430. The van der Waals surface area contributed by atoms with Crippen molar-refractivity contribution in [1.82, 2.24) is 24.0 Å². The number of aliphatic hydroxyl groups excluding tert-OH is 1. The van der Waals surface area contributed by atoms with Gasteiger partial charge < -0.3 is 19.9 Å². The molecule has 4 rings (SSSR count). The highest BCUT2D eigenvalue weighted by Crippen LogP contribution is 2.30. The molecule has 192 valence electrons. The zero-order valence-corrected chi connectivity index (χ0v) is 19.4. The summed E-state index contributed by atoms with van der Waals surface area (Å²) in [4.78, 5) is 30.6. The molecule has 0 amide bonds. The average molecular weight is 507 g/mol. The van der Waals surface area contributed by atoms with Crippen LogP contribution in [0.15, 0.2) is 58.3 Å². The summed E-state index contributed by atoms with van der Waals surface area (Å²) in [6.07, 6.45) is 1.75. The zero-order chi connectivity index (χ0) is 26.0. The van der Waals surface area contributed by atoms with Crippen molar-refractivity contribution in [2.24, 2.45) is 7.05 Å². The maximum Gasteiger partial charge on any atom is 0.573 e. The number of aromatic nitrogens is 4. The fourth-order valence-corrected chi connectivity index (χ4v) is 3.75. The number of hydrogen-bond acceptors (Lipinski definition) is 7. The predicted molar refractivity (Wildman–Crippen MR) is 124 cm³/mol. The molecule has 0 aliphatic carbocycles. The number of ether oxygens (including phenoxy) is 2. The Hall–Kier alpha value is -4.00. The number of nitrogens with zero attached hydrogens (tertiary/aromatic N) is 4. The van der Waals surface area contributed by atoms with E-state index in [0.29, 0.717) is 0 Å². The van der Waals surface area contributed by atoms with Crippen LogP contribution in [0.4, 0.5) is 13.2 Å². The van der Waals surface area contributed by atoms with Crippen LogP contribution >= 0.6 is 0 Å². The van der Waals surface area contributed by atoms with E-state index in [1.54, 1.807) is 19.2 Å². The molecular weight excluding hydrogens is 483 g/mol. The Balaban J connectivity index is 1.83. The lowest BCUT2D eigenvalue weighted by atomic mass is 10.2. The van der Waals surface area contributed by atoms with Gasteiger partial charge in [0.15, 0.2) is 11.2 Å². The summed E-state index contributed by atoms with van der Waals surface area (Å²) in [7, 11) is 1.45. The van der Waals surface area contributed by atoms with Crippen molar-refractivity contribution in [2.45, 2.75) is 44.9 Å². The number of fused-ring (bicyclic) bond motifs is 1. The van der Waals surface area contributed by atoms with E-state index in [-0.39, 0.29) is 48.5 Å². The molecule has 0 spiro atoms. The third-order valence-electron chi connectivity index (χ3n) is 5.46. The van der Waals surface area contributed by atoms with Gasteiger partial charge in [-0.1, -0.05) is 18.2 Å². The van der Waals surface area contributed by atoms with Gasteiger partial charge in [0, 0.05) is 19.7 Å². The third-order valence-corrected chi connectivity index (χ3v) is 5.46. The fraction of sp³-hybridized carbons (Fsp3) is 0.348. The van der Waals surface area contributed by atoms with Crippen molar-refractivity contribution in [3.63, 3.8) is 0 Å². The van der Waals surface area contributed by atoms with E-state index in [4.69, 9.17) is 4.74 Å². The van der Waals surface area contributed by atoms with Crippen LogP contribution in [0.5, 0.6) is 17.5 Å². The molecule has 3 heterocycles. The normalized spacial score (nSPS) is 16.2. The maximum absolute atomic E-state index is 13.4. The molecular formula is C23H24F3N5O5. The Morgan fingerprint density at radius 1 is 1.19 bits per heavy atom. The fourth-order valence-electron chi connectivity index (χ4n) is 3.75. The summed E-state index contributed by atoms with van der Waals surface area (Å²) in [5, 5.41) is 12.8. The van der Waals surface area contributed by atoms with Crippen LogP contribution in [-0.4, -0.2) is 42.3 Å². The van der Waals surface area contributed by atoms with Crippen LogP contribution in [-0.2, 0) is 20.1 Å². The number of hydrogen-bond donors (Lipinski definition) is 2. The van der Waals surface area contributed by atoms with Gasteiger partial charge in [0.2, 0.25) is 0 Å². The van der Waals surface area contributed by atoms with E-state index in [2.05, 4.69) is 15.0 Å². The van der Waals surface area contributed by atoms with Gasteiger partial charge in [0.25, 0.3) is 5.56 Å². The smallest absolute Gasteiger partial charge is 0.425 e. The Morgan fingerprint density at radius 2 is 1.94 bits per heavy atom. The number of allylic oxidation sites excluding steroid dienone is 2. The molecule has 3 aromatic rings. The first-order chi connectivity index (χ1) is 17.0. The lowest BCUT2D eigenvalue weighted by Crippen LogP contribution is -2.40. The SMILES string of the molecule is CC(O)CCn1c(=O)c2c(nc(Oc3cccc(OC(F)(F)F)c3)n2CC2C=CC=CN2)n(C)c1=O. The summed E-state index contributed by atoms with van der Waals surface area (Å²) < 4.78 is 51.4. The molecule has 1 aliphatic heterocycles. The minimum absolute atomic E-state index is 0.0123. The van der Waals surface area contributed by atoms with Crippen molar-refractivity contribution in [3.05, 3.63) is 69.5 Å². The van der Waals surface area contributed by atoms with Crippen LogP contribution in [0.3, 0.4) is 0 Å². The summed E-state index contributed by atoms with van der Waals surface area (Å²) in [5.41, 5.74) is -1.12. The first-order valence-electron chi connectivity index (χ1n) is 11.0. The van der Waals surface area contributed by atoms with Gasteiger partial charge in [-0.05, 0) is 37.8 Å². The van der Waals surface area contributed by atoms with E-state index in [1.165, 1.54) is 28.3 Å². The Labute approximate surface area is 202 Å². The molecule has 13 heteroatoms. The van der Waals surface area contributed by atoms with Crippen LogP contribution < -0.4 is 26.0 Å². The van der Waals surface area contributed by atoms with Crippen LogP contribution in [0.1, 0.15) is 13.3 Å². The van der Waals surface area contributed by atoms with Gasteiger partial charge in [-0.3, -0.25) is 18.5 Å². The number of rotatable bonds is 8. The summed E-state index contributed by atoms with van der Waals surface area (Å²) >= 11 is 0. The van der Waals surface area contributed by atoms with E-state index < -0.39 is 29.5 Å². The first kappa shape index (κ1) is 25.1. The molecule has 0 saturated carbocycles. The number of alkyl halides is 3. The first-order valence-corrected chi connectivity index (χ1v) is 11.0. The second-order valence-corrected chi connectivity index (χ2v) is 8.26. The Kier molecular flexibility index (Phi) is 6.93. The lowest BCUT2D eigenvalue weighted by Gasteiger charge is -2.18. The lowest BCUT2D eigenvalue weighted by molar-refractivity contribution is -0.274. The number of benzene rings is 1. The third kappa shape index (κ3) is 5.46. The van der Waals surface area contributed by atoms with Crippen molar-refractivity contribution in [1.29, 1.82) is 0 Å². The highest BCUT2D eigenvalue weighted by atomic mass is 19.4. The number of aryl methyl sites for hydroxylation is 1. The molecule has 10 nitrogen and oxygen atoms in total. The summed E-state index contributed by atoms with van der Waals surface area (Å²) in [6, 6.07) is 4.53. The van der Waals surface area contributed by atoms with Gasteiger partial charge in [-0.25, -0.2) is 4.79 Å². The monoisotopic (exact) mass is 507 g/mol. The van der Waals surface area contributed by atoms with E-state index in [1.807, 2.05) is 12.2 Å². The highest BCUT2D eigenvalue weighted by Gasteiger charge is 2.31. The molecule has 2 N–H and O–H groups in total. The molecule has 1 aromatic carbocycles. The molecule has 2 aromatic heterocycles. The van der Waals surface area contributed by atoms with Gasteiger partial charge >= 0.3 is 18.1 Å². The number of aliphatic hydroxyl groups is 1. The molecule has 0 bridgehead atoms. The Morgan fingerprint density at radius 3 is 2.61 bits per heavy atom. The van der Waals surface area contributed by atoms with Crippen molar-refractivity contribution < 1.29 is 27.8 Å². The maximum atomic E-state index is 13.4. The summed E-state index contributed by atoms with van der Waals surface area (Å²) in [5.74, 6) is -0.502. The van der Waals surface area contributed by atoms with Crippen LogP contribution in [0.25, 0.3) is 11.2 Å². The minimum atomic E-state index is -4.88. The largest absolute Gasteiger partial charge is 0.573 e. The van der Waals surface area contributed by atoms with E-state index in [9.17, 15) is 27.9 Å². The molecule has 36 heavy (non-hydrogen) atoms. The van der Waals surface area contributed by atoms with Crippen molar-refractivity contribution in [2.75, 3.05) is 0 Å². The molecule has 2 unspecified atom stereocenters. The zero-order valence-electron chi connectivity index (χ0n) is 19.4. The van der Waals surface area contributed by atoms with Crippen LogP contribution in [0.2, 0.25) is 0 Å². The van der Waals surface area contributed by atoms with Gasteiger partial charge in [-0.15, -0.1) is 13.2 Å². The van der Waals surface area contributed by atoms with Crippen LogP contribution in [0, 0.1) is 0 Å². The summed E-state index contributed by atoms with van der Waals surface area (Å²) in [6.45, 7) is 1.70. The standard InChI is InChI=1S/C23H24F3N5O5/c1-14(32)9-11-30-20(33)18-19(29(2)22(30)34)28-21(31(18)13-15-6-3-4-10-27-15)35-16-7-5-8-17(12-16)36-23(24,25)26/h3-8,10,12,14-15,27,32H,9,11,13H2,1-2H3. The second-order valence-electron chi connectivity index (χ2n) is 8.26. The van der Waals surface area contributed by atoms with Gasteiger partial charge in [0.05, 0.1) is 18.7 Å². The molecule has 1 aliphatic rings. The predicted octanol–water partition coefficient (Wildman–Crippen LogP) is 2.40. The highest BCUT2D eigenvalue weighted by molar-refractivity contribution is 5.72. The minimum Gasteiger partial charge on any atom is -0.425 e. The average Bonchev–Trinajstić information content (AvgIpc) is 3.15. The second kappa shape index (κ2) is 9.93. The van der Waals surface area contributed by atoms with Crippen molar-refractivity contribution >= 4 is 11.2 Å². The molecule has 0 radical (unpaired) electrons. The topological polar surface area (TPSA) is 113 Å². The number of nitrogens with one attached hydrogen (secondary N) is 1. The van der Waals surface area contributed by atoms with Gasteiger partial charge in [0.1, 0.15) is 11.5 Å². The number of dihydropyridines is 1. The molecule has 0 saturated heterocycles. The number of imidazole rings is 1. The van der Waals surface area contributed by atoms with Gasteiger partial charge in [-0.2, -0.15) is 4.98 Å². The van der Waals surface area contributed by atoms with Crippen molar-refractivity contribution in [3.8, 4) is 17.5 Å².